The van der Waals surface area contributed by atoms with E-state index >= 15 is 0 Å². The summed E-state index contributed by atoms with van der Waals surface area (Å²) in [6.45, 7) is -0.0921. The van der Waals surface area contributed by atoms with Crippen LogP contribution >= 0.6 is 11.6 Å². The van der Waals surface area contributed by atoms with Crippen LogP contribution in [-0.2, 0) is 0 Å². The van der Waals surface area contributed by atoms with Crippen LogP contribution in [-0.4, -0.2) is 43.9 Å². The highest BCUT2D eigenvalue weighted by Gasteiger charge is 2.23. The molecule has 0 fully saturated rings. The van der Waals surface area contributed by atoms with Crippen molar-refractivity contribution in [2.75, 3.05) is 27.8 Å². The maximum atomic E-state index is 9.19. The molecule has 0 amide bonds. The Balaban J connectivity index is 3.10. The van der Waals surface area contributed by atoms with Gasteiger partial charge in [-0.15, -0.1) is 0 Å². The number of hydrogen-bond acceptors (Lipinski definition) is 4. The Morgan fingerprint density at radius 1 is 1.47 bits per heavy atom. The molecule has 17 heavy (non-hydrogen) atoms. The van der Waals surface area contributed by atoms with Crippen LogP contribution in [0.25, 0.3) is 0 Å². The van der Waals surface area contributed by atoms with Crippen molar-refractivity contribution >= 4 is 11.6 Å². The number of likely N-dealkylation sites (N-methyl/N-ethyl adjacent to an activating group) is 1. The summed E-state index contributed by atoms with van der Waals surface area (Å²) in [5.41, 5.74) is 6.80. The van der Waals surface area contributed by atoms with Gasteiger partial charge in [0.1, 0.15) is 5.75 Å². The van der Waals surface area contributed by atoms with Crippen molar-refractivity contribution in [2.24, 2.45) is 5.73 Å². The molecule has 0 radical (unpaired) electrons. The first-order chi connectivity index (χ1) is 8.01. The first-order valence-corrected chi connectivity index (χ1v) is 5.75. The van der Waals surface area contributed by atoms with Crippen molar-refractivity contribution in [1.29, 1.82) is 0 Å². The number of halogens is 1. The monoisotopic (exact) mass is 258 g/mol. The third kappa shape index (κ3) is 3.33. The molecule has 2 atom stereocenters. The third-order valence-corrected chi connectivity index (χ3v) is 3.03. The van der Waals surface area contributed by atoms with Crippen molar-refractivity contribution in [2.45, 2.75) is 12.1 Å². The zero-order valence-corrected chi connectivity index (χ0v) is 11.1. The summed E-state index contributed by atoms with van der Waals surface area (Å²) in [7, 11) is 5.40. The summed E-state index contributed by atoms with van der Waals surface area (Å²) in [5, 5.41) is 9.78. The van der Waals surface area contributed by atoms with Gasteiger partial charge in [-0.25, -0.2) is 0 Å². The number of benzene rings is 1. The van der Waals surface area contributed by atoms with E-state index in [0.717, 1.165) is 5.56 Å². The quantitative estimate of drug-likeness (QED) is 0.835. The first kappa shape index (κ1) is 14.3. The van der Waals surface area contributed by atoms with Crippen LogP contribution in [0.15, 0.2) is 18.2 Å². The lowest BCUT2D eigenvalue weighted by molar-refractivity contribution is 0.181. The van der Waals surface area contributed by atoms with Gasteiger partial charge in [-0.1, -0.05) is 17.7 Å². The van der Waals surface area contributed by atoms with E-state index in [-0.39, 0.29) is 18.7 Å². The molecule has 1 aromatic carbocycles. The molecule has 0 aliphatic carbocycles. The predicted molar refractivity (Wildman–Crippen MR) is 69.5 cm³/mol. The Morgan fingerprint density at radius 2 is 2.12 bits per heavy atom. The van der Waals surface area contributed by atoms with Gasteiger partial charge in [0.15, 0.2) is 0 Å². The number of aliphatic hydroxyl groups excluding tert-OH is 1. The molecule has 0 heterocycles. The number of hydrogen-bond donors (Lipinski definition) is 2. The van der Waals surface area contributed by atoms with E-state index < -0.39 is 0 Å². The maximum absolute atomic E-state index is 9.19. The average molecular weight is 259 g/mol. The van der Waals surface area contributed by atoms with Crippen molar-refractivity contribution in [3.05, 3.63) is 28.8 Å². The topological polar surface area (TPSA) is 58.7 Å². The Kier molecular flexibility index (Phi) is 5.21. The van der Waals surface area contributed by atoms with E-state index in [1.165, 1.54) is 0 Å². The molecule has 0 aromatic heterocycles. The van der Waals surface area contributed by atoms with Crippen molar-refractivity contribution in [3.63, 3.8) is 0 Å². The van der Waals surface area contributed by atoms with Gasteiger partial charge in [0.2, 0.25) is 0 Å². The second-order valence-corrected chi connectivity index (χ2v) is 4.55. The number of nitrogens with zero attached hydrogens (tertiary/aromatic N) is 1. The number of rotatable bonds is 5. The van der Waals surface area contributed by atoms with Gasteiger partial charge in [-0.05, 0) is 31.8 Å². The van der Waals surface area contributed by atoms with Crippen molar-refractivity contribution in [3.8, 4) is 5.75 Å². The van der Waals surface area contributed by atoms with Gasteiger partial charge in [0.25, 0.3) is 0 Å². The summed E-state index contributed by atoms with van der Waals surface area (Å²) < 4.78 is 5.10. The second-order valence-electron chi connectivity index (χ2n) is 4.14. The second kappa shape index (κ2) is 6.21. The lowest BCUT2D eigenvalue weighted by Gasteiger charge is -2.30. The Hall–Kier alpha value is -0.810. The molecule has 4 nitrogen and oxygen atoms in total. The normalized spacial score (nSPS) is 14.8. The summed E-state index contributed by atoms with van der Waals surface area (Å²) in [5.74, 6) is 0.703. The Labute approximate surface area is 107 Å². The standard InChI is InChI=1S/C12H19ClN2O2/c1-15(2)12(11(14)7-16)9-5-4-8(17-3)6-10(9)13/h4-6,11-12,16H,7,14H2,1-3H3. The zero-order chi connectivity index (χ0) is 13.0. The molecule has 96 valence electrons. The molecule has 0 aliphatic rings. The largest absolute Gasteiger partial charge is 0.497 e. The molecule has 3 N–H and O–H groups in total. The fourth-order valence-corrected chi connectivity index (χ4v) is 2.15. The van der Waals surface area contributed by atoms with Crippen molar-refractivity contribution in [1.82, 2.24) is 4.90 Å². The minimum atomic E-state index is -0.379. The van der Waals surface area contributed by atoms with Gasteiger partial charge in [-0.2, -0.15) is 0 Å². The van der Waals surface area contributed by atoms with Gasteiger partial charge >= 0.3 is 0 Å². The van der Waals surface area contributed by atoms with Crippen LogP contribution in [0.1, 0.15) is 11.6 Å². The molecular weight excluding hydrogens is 240 g/mol. The minimum absolute atomic E-state index is 0.0921. The van der Waals surface area contributed by atoms with Crippen LogP contribution in [0.4, 0.5) is 0 Å². The minimum Gasteiger partial charge on any atom is -0.497 e. The lowest BCUT2D eigenvalue weighted by atomic mass is 9.99. The van der Waals surface area contributed by atoms with Gasteiger partial charge in [0.05, 0.1) is 19.8 Å². The van der Waals surface area contributed by atoms with Gasteiger partial charge in [-0.3, -0.25) is 0 Å². The van der Waals surface area contributed by atoms with E-state index in [2.05, 4.69) is 0 Å². The van der Waals surface area contributed by atoms with Gasteiger partial charge < -0.3 is 20.5 Å². The zero-order valence-electron chi connectivity index (χ0n) is 10.4. The molecule has 0 spiro atoms. The number of methoxy groups -OCH3 is 1. The van der Waals surface area contributed by atoms with Crippen LogP contribution < -0.4 is 10.5 Å². The summed E-state index contributed by atoms with van der Waals surface area (Å²) in [4.78, 5) is 1.94. The molecule has 1 rings (SSSR count). The smallest absolute Gasteiger partial charge is 0.120 e. The highest BCUT2D eigenvalue weighted by atomic mass is 35.5. The van der Waals surface area contributed by atoms with E-state index in [1.807, 2.05) is 31.1 Å². The Bertz CT molecular complexity index is 372. The SMILES string of the molecule is COc1ccc(C(C(N)CO)N(C)C)c(Cl)c1. The first-order valence-electron chi connectivity index (χ1n) is 5.37. The molecule has 1 aromatic rings. The molecule has 0 saturated heterocycles. The highest BCUT2D eigenvalue weighted by Crippen LogP contribution is 2.31. The molecule has 0 saturated carbocycles. The average Bonchev–Trinajstić information content (AvgIpc) is 2.30. The van der Waals surface area contributed by atoms with E-state index in [0.29, 0.717) is 10.8 Å². The van der Waals surface area contributed by atoms with Crippen LogP contribution in [0, 0.1) is 0 Å². The highest BCUT2D eigenvalue weighted by molar-refractivity contribution is 6.31. The van der Waals surface area contributed by atoms with Crippen LogP contribution in [0.2, 0.25) is 5.02 Å². The number of ether oxygens (including phenoxy) is 1. The van der Waals surface area contributed by atoms with Gasteiger partial charge in [0, 0.05) is 11.1 Å². The molecule has 2 unspecified atom stereocenters. The van der Waals surface area contributed by atoms with E-state index in [4.69, 9.17) is 22.1 Å². The van der Waals surface area contributed by atoms with Crippen molar-refractivity contribution < 1.29 is 9.84 Å². The number of aliphatic hydroxyl groups is 1. The fraction of sp³-hybridized carbons (Fsp3) is 0.500. The summed E-state index contributed by atoms with van der Waals surface area (Å²) in [6.07, 6.45) is 0. The molecular formula is C12H19ClN2O2. The lowest BCUT2D eigenvalue weighted by Crippen LogP contribution is -2.40. The summed E-state index contributed by atoms with van der Waals surface area (Å²) in [6, 6.07) is 4.95. The van der Waals surface area contributed by atoms with E-state index in [9.17, 15) is 5.11 Å². The van der Waals surface area contributed by atoms with Crippen LogP contribution in [0.5, 0.6) is 5.75 Å². The maximum Gasteiger partial charge on any atom is 0.120 e. The Morgan fingerprint density at radius 3 is 2.53 bits per heavy atom. The third-order valence-electron chi connectivity index (χ3n) is 2.70. The fourth-order valence-electron chi connectivity index (χ4n) is 1.87. The predicted octanol–water partition coefficient (Wildman–Crippen LogP) is 1.27. The van der Waals surface area contributed by atoms with E-state index in [1.54, 1.807) is 13.2 Å². The molecule has 0 aliphatic heterocycles. The van der Waals surface area contributed by atoms with Crippen LogP contribution in [0.3, 0.4) is 0 Å². The molecule has 0 bridgehead atoms. The number of nitrogens with two attached hydrogens (primary N) is 1. The summed E-state index contributed by atoms with van der Waals surface area (Å²) >= 11 is 6.20. The molecule has 5 heteroatoms.